The van der Waals surface area contributed by atoms with E-state index in [0.717, 1.165) is 12.0 Å². The molecule has 0 unspecified atom stereocenters. The quantitative estimate of drug-likeness (QED) is 0.696. The van der Waals surface area contributed by atoms with Crippen molar-refractivity contribution in [2.75, 3.05) is 0 Å². The van der Waals surface area contributed by atoms with Crippen LogP contribution in [0.25, 0.3) is 0 Å². The average Bonchev–Trinajstić information content (AvgIpc) is 2.01. The average molecular weight is 178 g/mol. The Hall–Kier alpha value is -0.890. The van der Waals surface area contributed by atoms with E-state index in [-0.39, 0.29) is 17.4 Å². The van der Waals surface area contributed by atoms with E-state index in [1.54, 1.807) is 12.1 Å². The SMILES string of the molecule is CC1(C)C[C@H](c2cc[c]cc2F)N1. The van der Waals surface area contributed by atoms with Gasteiger partial charge in [0.05, 0.1) is 0 Å². The minimum absolute atomic E-state index is 0.157. The molecule has 0 saturated carbocycles. The Kier molecular flexibility index (Phi) is 1.88. The van der Waals surface area contributed by atoms with Crippen LogP contribution >= 0.6 is 0 Å². The van der Waals surface area contributed by atoms with E-state index in [2.05, 4.69) is 25.2 Å². The van der Waals surface area contributed by atoms with Crippen LogP contribution in [0.15, 0.2) is 18.2 Å². The highest BCUT2D eigenvalue weighted by atomic mass is 19.1. The molecule has 1 heterocycles. The molecule has 1 fully saturated rings. The Morgan fingerprint density at radius 3 is 2.85 bits per heavy atom. The van der Waals surface area contributed by atoms with Gasteiger partial charge in [0.25, 0.3) is 0 Å². The second kappa shape index (κ2) is 2.81. The Labute approximate surface area is 78.0 Å². The molecule has 0 bridgehead atoms. The van der Waals surface area contributed by atoms with Crippen LogP contribution in [0.2, 0.25) is 0 Å². The summed E-state index contributed by atoms with van der Waals surface area (Å²) in [6, 6.07) is 7.85. The molecule has 1 nitrogen and oxygen atoms in total. The van der Waals surface area contributed by atoms with E-state index in [0.29, 0.717) is 0 Å². The fourth-order valence-corrected chi connectivity index (χ4v) is 1.85. The molecular weight excluding hydrogens is 165 g/mol. The lowest BCUT2D eigenvalue weighted by atomic mass is 9.81. The summed E-state index contributed by atoms with van der Waals surface area (Å²) in [6.45, 7) is 4.24. The zero-order valence-corrected chi connectivity index (χ0v) is 7.89. The van der Waals surface area contributed by atoms with Crippen molar-refractivity contribution in [3.05, 3.63) is 35.6 Å². The van der Waals surface area contributed by atoms with Crippen molar-refractivity contribution in [2.45, 2.75) is 31.8 Å². The molecule has 1 radical (unpaired) electrons. The molecule has 0 aliphatic carbocycles. The van der Waals surface area contributed by atoms with Crippen molar-refractivity contribution in [1.29, 1.82) is 0 Å². The first-order valence-electron chi connectivity index (χ1n) is 4.52. The molecular formula is C11H13FN. The van der Waals surface area contributed by atoms with Gasteiger partial charge in [-0.1, -0.05) is 12.1 Å². The highest BCUT2D eigenvalue weighted by molar-refractivity contribution is 5.24. The van der Waals surface area contributed by atoms with Crippen LogP contribution in [0.4, 0.5) is 4.39 Å². The molecule has 1 saturated heterocycles. The van der Waals surface area contributed by atoms with Crippen molar-refractivity contribution in [3.63, 3.8) is 0 Å². The topological polar surface area (TPSA) is 12.0 Å². The predicted octanol–water partition coefficient (Wildman–Crippen LogP) is 2.44. The van der Waals surface area contributed by atoms with Crippen LogP contribution in [-0.2, 0) is 0 Å². The molecule has 69 valence electrons. The van der Waals surface area contributed by atoms with E-state index in [1.165, 1.54) is 6.07 Å². The van der Waals surface area contributed by atoms with E-state index in [9.17, 15) is 4.39 Å². The third-order valence-corrected chi connectivity index (χ3v) is 2.50. The van der Waals surface area contributed by atoms with Gasteiger partial charge in [-0.3, -0.25) is 0 Å². The summed E-state index contributed by atoms with van der Waals surface area (Å²) in [7, 11) is 0. The summed E-state index contributed by atoms with van der Waals surface area (Å²) in [5.74, 6) is -0.157. The first kappa shape index (κ1) is 8.70. The molecule has 1 N–H and O–H groups in total. The zero-order valence-electron chi connectivity index (χ0n) is 7.89. The van der Waals surface area contributed by atoms with E-state index >= 15 is 0 Å². The normalized spacial score (nSPS) is 25.3. The monoisotopic (exact) mass is 178 g/mol. The molecule has 0 spiro atoms. The second-order valence-corrected chi connectivity index (χ2v) is 4.23. The molecule has 13 heavy (non-hydrogen) atoms. The maximum Gasteiger partial charge on any atom is 0.128 e. The Morgan fingerprint density at radius 1 is 1.62 bits per heavy atom. The zero-order chi connectivity index (χ0) is 9.47. The van der Waals surface area contributed by atoms with Gasteiger partial charge in [-0.15, -0.1) is 0 Å². The summed E-state index contributed by atoms with van der Waals surface area (Å²) in [6.07, 6.45) is 0.994. The second-order valence-electron chi connectivity index (χ2n) is 4.23. The van der Waals surface area contributed by atoms with Gasteiger partial charge in [0, 0.05) is 17.1 Å². The molecule has 2 rings (SSSR count). The van der Waals surface area contributed by atoms with Crippen molar-refractivity contribution in [1.82, 2.24) is 5.32 Å². The number of halogens is 1. The maximum absolute atomic E-state index is 13.2. The van der Waals surface area contributed by atoms with Crippen LogP contribution in [0.3, 0.4) is 0 Å². The minimum atomic E-state index is -0.157. The lowest BCUT2D eigenvalue weighted by Crippen LogP contribution is -2.54. The van der Waals surface area contributed by atoms with Crippen LogP contribution < -0.4 is 5.32 Å². The molecule has 1 aliphatic rings. The van der Waals surface area contributed by atoms with E-state index in [4.69, 9.17) is 0 Å². The molecule has 1 aliphatic heterocycles. The van der Waals surface area contributed by atoms with Gasteiger partial charge in [-0.05, 0) is 32.4 Å². The third kappa shape index (κ3) is 1.59. The molecule has 0 aromatic heterocycles. The molecule has 1 aromatic carbocycles. The smallest absolute Gasteiger partial charge is 0.128 e. The fourth-order valence-electron chi connectivity index (χ4n) is 1.85. The van der Waals surface area contributed by atoms with Crippen LogP contribution in [-0.4, -0.2) is 5.54 Å². The Balaban J connectivity index is 2.16. The van der Waals surface area contributed by atoms with Gasteiger partial charge < -0.3 is 5.32 Å². The number of nitrogens with one attached hydrogen (secondary N) is 1. The fraction of sp³-hybridized carbons (Fsp3) is 0.455. The number of hydrogen-bond acceptors (Lipinski definition) is 1. The van der Waals surface area contributed by atoms with Crippen LogP contribution in [0.5, 0.6) is 0 Å². The van der Waals surface area contributed by atoms with Gasteiger partial charge >= 0.3 is 0 Å². The van der Waals surface area contributed by atoms with Crippen molar-refractivity contribution >= 4 is 0 Å². The van der Waals surface area contributed by atoms with Crippen molar-refractivity contribution in [2.24, 2.45) is 0 Å². The lowest BCUT2D eigenvalue weighted by Gasteiger charge is -2.44. The Bertz CT molecular complexity index is 312. The third-order valence-electron chi connectivity index (χ3n) is 2.50. The molecule has 2 heteroatoms. The minimum Gasteiger partial charge on any atom is -0.305 e. The van der Waals surface area contributed by atoms with Gasteiger partial charge in [0.1, 0.15) is 5.82 Å². The van der Waals surface area contributed by atoms with Crippen LogP contribution in [0, 0.1) is 11.9 Å². The summed E-state index contributed by atoms with van der Waals surface area (Å²) in [4.78, 5) is 0. The largest absolute Gasteiger partial charge is 0.305 e. The molecule has 1 atom stereocenters. The molecule has 1 aromatic rings. The van der Waals surface area contributed by atoms with Gasteiger partial charge in [0.15, 0.2) is 0 Å². The first-order chi connectivity index (χ1) is 6.08. The van der Waals surface area contributed by atoms with Crippen molar-refractivity contribution in [3.8, 4) is 0 Å². The van der Waals surface area contributed by atoms with Crippen molar-refractivity contribution < 1.29 is 4.39 Å². The summed E-state index contributed by atoms with van der Waals surface area (Å²) in [5, 5.41) is 3.32. The summed E-state index contributed by atoms with van der Waals surface area (Å²) < 4.78 is 13.2. The predicted molar refractivity (Wildman–Crippen MR) is 49.8 cm³/mol. The lowest BCUT2D eigenvalue weighted by molar-refractivity contribution is 0.173. The summed E-state index contributed by atoms with van der Waals surface area (Å²) >= 11 is 0. The van der Waals surface area contributed by atoms with Gasteiger partial charge in [0.2, 0.25) is 0 Å². The number of benzene rings is 1. The highest BCUT2D eigenvalue weighted by Crippen LogP contribution is 2.35. The van der Waals surface area contributed by atoms with E-state index in [1.807, 2.05) is 0 Å². The van der Waals surface area contributed by atoms with E-state index < -0.39 is 0 Å². The van der Waals surface area contributed by atoms with Gasteiger partial charge in [-0.2, -0.15) is 0 Å². The highest BCUT2D eigenvalue weighted by Gasteiger charge is 2.36. The summed E-state index contributed by atoms with van der Waals surface area (Å²) in [5.41, 5.74) is 0.925. The molecule has 0 amide bonds. The van der Waals surface area contributed by atoms with Crippen LogP contribution in [0.1, 0.15) is 31.9 Å². The number of rotatable bonds is 1. The number of hydrogen-bond donors (Lipinski definition) is 1. The Morgan fingerprint density at radius 2 is 2.31 bits per heavy atom. The van der Waals surface area contributed by atoms with Gasteiger partial charge in [-0.25, -0.2) is 4.39 Å². The first-order valence-corrected chi connectivity index (χ1v) is 4.52. The maximum atomic E-state index is 13.2. The standard InChI is InChI=1S/C11H13FN/c1-11(2)7-10(13-11)8-5-3-4-6-9(8)12/h3,5-6,10,13H,7H2,1-2H3/t10-/m1/s1.